The van der Waals surface area contributed by atoms with Gasteiger partial charge in [-0.3, -0.25) is 9.89 Å². The van der Waals surface area contributed by atoms with Gasteiger partial charge in [-0.1, -0.05) is 23.9 Å². The smallest absolute Gasteiger partial charge is 0.237 e. The predicted octanol–water partition coefficient (Wildman–Crippen LogP) is 4.27. The summed E-state index contributed by atoms with van der Waals surface area (Å²) < 4.78 is 0. The summed E-state index contributed by atoms with van der Waals surface area (Å²) in [5.74, 6) is 0.667. The molecule has 24 heavy (non-hydrogen) atoms. The van der Waals surface area contributed by atoms with Crippen LogP contribution in [0.3, 0.4) is 0 Å². The van der Waals surface area contributed by atoms with E-state index in [-0.39, 0.29) is 11.2 Å². The maximum atomic E-state index is 12.4. The Morgan fingerprint density at radius 1 is 1.29 bits per heavy atom. The highest BCUT2D eigenvalue weighted by Gasteiger charge is 2.18. The summed E-state index contributed by atoms with van der Waals surface area (Å²) in [6.07, 6.45) is 0. The topological polar surface area (TPSA) is 70.7 Å². The van der Waals surface area contributed by atoms with Crippen molar-refractivity contribution in [2.45, 2.75) is 31.2 Å². The molecule has 1 aromatic carbocycles. The highest BCUT2D eigenvalue weighted by Crippen LogP contribution is 2.26. The number of benzene rings is 1. The summed E-state index contributed by atoms with van der Waals surface area (Å²) in [6, 6.07) is 9.85. The Balaban J connectivity index is 1.62. The van der Waals surface area contributed by atoms with Gasteiger partial charge in [-0.05, 0) is 55.5 Å². The molecule has 0 saturated heterocycles. The number of hydrogen-bond acceptors (Lipinski definition) is 5. The Morgan fingerprint density at radius 3 is 2.83 bits per heavy atom. The fraction of sp³-hybridized carbons (Fsp3) is 0.235. The summed E-state index contributed by atoms with van der Waals surface area (Å²) in [5, 5.41) is 12.3. The second kappa shape index (κ2) is 7.19. The van der Waals surface area contributed by atoms with Gasteiger partial charge in [0.25, 0.3) is 0 Å². The van der Waals surface area contributed by atoms with Crippen LogP contribution in [0.5, 0.6) is 0 Å². The number of amides is 1. The lowest BCUT2D eigenvalue weighted by molar-refractivity contribution is -0.115. The monoisotopic (exact) mass is 358 g/mol. The van der Waals surface area contributed by atoms with E-state index in [1.165, 1.54) is 17.3 Å². The number of anilines is 1. The van der Waals surface area contributed by atoms with Crippen LogP contribution in [-0.4, -0.2) is 26.3 Å². The normalized spacial score (nSPS) is 12.1. The minimum absolute atomic E-state index is 0.0641. The van der Waals surface area contributed by atoms with E-state index >= 15 is 0 Å². The van der Waals surface area contributed by atoms with Gasteiger partial charge in [-0.2, -0.15) is 0 Å². The Kier molecular flexibility index (Phi) is 5.01. The maximum Gasteiger partial charge on any atom is 0.237 e. The van der Waals surface area contributed by atoms with Crippen LogP contribution < -0.4 is 5.32 Å². The van der Waals surface area contributed by atoms with Gasteiger partial charge in [-0.15, -0.1) is 16.4 Å². The average Bonchev–Trinajstić information content (AvgIpc) is 3.21. The van der Waals surface area contributed by atoms with Gasteiger partial charge in [0.05, 0.1) is 10.1 Å². The van der Waals surface area contributed by atoms with E-state index in [0.29, 0.717) is 5.16 Å². The van der Waals surface area contributed by atoms with Gasteiger partial charge in [0.15, 0.2) is 5.82 Å². The Hall–Kier alpha value is -2.12. The van der Waals surface area contributed by atoms with Crippen molar-refractivity contribution in [1.82, 2.24) is 15.2 Å². The molecule has 3 aromatic rings. The van der Waals surface area contributed by atoms with Crippen LogP contribution in [0.25, 0.3) is 10.7 Å². The van der Waals surface area contributed by atoms with Gasteiger partial charge in [0, 0.05) is 5.69 Å². The summed E-state index contributed by atoms with van der Waals surface area (Å²) >= 11 is 2.93. The third kappa shape index (κ3) is 3.85. The zero-order valence-corrected chi connectivity index (χ0v) is 15.3. The molecule has 0 aliphatic heterocycles. The molecule has 0 spiro atoms. The van der Waals surface area contributed by atoms with Crippen LogP contribution in [0.15, 0.2) is 40.9 Å². The number of thioether (sulfide) groups is 1. The molecule has 5 nitrogen and oxygen atoms in total. The number of rotatable bonds is 5. The van der Waals surface area contributed by atoms with Crippen molar-refractivity contribution < 1.29 is 4.79 Å². The molecule has 1 amide bonds. The lowest BCUT2D eigenvalue weighted by Gasteiger charge is -2.11. The zero-order chi connectivity index (χ0) is 17.1. The molecule has 0 bridgehead atoms. The molecule has 2 heterocycles. The molecular formula is C17H18N4OS2. The molecule has 0 aliphatic rings. The van der Waals surface area contributed by atoms with Crippen LogP contribution in [0.1, 0.15) is 18.1 Å². The number of H-pyrrole nitrogens is 1. The first-order chi connectivity index (χ1) is 11.5. The minimum Gasteiger partial charge on any atom is -0.325 e. The second-order valence-electron chi connectivity index (χ2n) is 5.49. The van der Waals surface area contributed by atoms with Gasteiger partial charge in [0.2, 0.25) is 11.1 Å². The Bertz CT molecular complexity index is 842. The van der Waals surface area contributed by atoms with Crippen molar-refractivity contribution >= 4 is 34.7 Å². The van der Waals surface area contributed by atoms with E-state index in [9.17, 15) is 4.79 Å². The first-order valence-corrected chi connectivity index (χ1v) is 9.30. The lowest BCUT2D eigenvalue weighted by Crippen LogP contribution is -2.22. The van der Waals surface area contributed by atoms with Crippen molar-refractivity contribution in [2.24, 2.45) is 0 Å². The minimum atomic E-state index is -0.293. The number of aromatic amines is 1. The first-order valence-electron chi connectivity index (χ1n) is 7.54. The van der Waals surface area contributed by atoms with Crippen LogP contribution >= 0.6 is 23.1 Å². The third-order valence-electron chi connectivity index (χ3n) is 3.65. The average molecular weight is 358 g/mol. The molecule has 7 heteroatoms. The molecule has 0 fully saturated rings. The van der Waals surface area contributed by atoms with Crippen molar-refractivity contribution in [2.75, 3.05) is 5.32 Å². The van der Waals surface area contributed by atoms with Crippen LogP contribution in [0.4, 0.5) is 5.69 Å². The number of nitrogens with zero attached hydrogens (tertiary/aromatic N) is 2. The van der Waals surface area contributed by atoms with E-state index in [2.05, 4.69) is 20.5 Å². The molecule has 0 radical (unpaired) electrons. The summed E-state index contributed by atoms with van der Waals surface area (Å²) in [6.45, 7) is 5.93. The molecule has 2 N–H and O–H groups in total. The quantitative estimate of drug-likeness (QED) is 0.668. The highest BCUT2D eigenvalue weighted by atomic mass is 32.2. The number of hydrogen-bond donors (Lipinski definition) is 2. The second-order valence-corrected chi connectivity index (χ2v) is 7.75. The Labute approximate surface area is 148 Å². The molecule has 1 unspecified atom stereocenters. The predicted molar refractivity (Wildman–Crippen MR) is 99.6 cm³/mol. The molecule has 2 aromatic heterocycles. The molecule has 1 atom stereocenters. The third-order valence-corrected chi connectivity index (χ3v) is 5.48. The first kappa shape index (κ1) is 16.7. The van der Waals surface area contributed by atoms with E-state index in [0.717, 1.165) is 22.0 Å². The Morgan fingerprint density at radius 2 is 2.12 bits per heavy atom. The van der Waals surface area contributed by atoms with Gasteiger partial charge >= 0.3 is 0 Å². The fourth-order valence-electron chi connectivity index (χ4n) is 2.10. The van der Waals surface area contributed by atoms with Crippen molar-refractivity contribution in [3.05, 3.63) is 46.8 Å². The van der Waals surface area contributed by atoms with E-state index in [1.807, 2.05) is 56.5 Å². The summed E-state index contributed by atoms with van der Waals surface area (Å²) in [5.41, 5.74) is 3.17. The van der Waals surface area contributed by atoms with Gasteiger partial charge < -0.3 is 5.32 Å². The standard InChI is InChI=1S/C17H18N4OS2/c1-10-6-7-13(9-11(10)2)18-16(22)12(3)24-17-19-15(20-21-17)14-5-4-8-23-14/h4-9,12H,1-3H3,(H,18,22)(H,19,20,21). The van der Waals surface area contributed by atoms with Crippen LogP contribution in [-0.2, 0) is 4.79 Å². The van der Waals surface area contributed by atoms with Crippen molar-refractivity contribution in [3.8, 4) is 10.7 Å². The summed E-state index contributed by atoms with van der Waals surface area (Å²) in [7, 11) is 0. The molecular weight excluding hydrogens is 340 g/mol. The number of carbonyl (C=O) groups excluding carboxylic acids is 1. The highest BCUT2D eigenvalue weighted by molar-refractivity contribution is 8.00. The fourth-order valence-corrected chi connectivity index (χ4v) is 3.49. The van der Waals surface area contributed by atoms with Crippen molar-refractivity contribution in [3.63, 3.8) is 0 Å². The van der Waals surface area contributed by atoms with E-state index in [4.69, 9.17) is 0 Å². The van der Waals surface area contributed by atoms with E-state index in [1.54, 1.807) is 11.3 Å². The van der Waals surface area contributed by atoms with E-state index < -0.39 is 0 Å². The lowest BCUT2D eigenvalue weighted by atomic mass is 10.1. The van der Waals surface area contributed by atoms with Gasteiger partial charge in [0.1, 0.15) is 0 Å². The number of thiophene rings is 1. The number of aromatic nitrogens is 3. The SMILES string of the molecule is Cc1ccc(NC(=O)C(C)Sc2n[nH]c(-c3cccs3)n2)cc1C. The van der Waals surface area contributed by atoms with Crippen LogP contribution in [0, 0.1) is 13.8 Å². The number of aryl methyl sites for hydroxylation is 2. The maximum absolute atomic E-state index is 12.4. The van der Waals surface area contributed by atoms with Gasteiger partial charge in [-0.25, -0.2) is 4.98 Å². The zero-order valence-electron chi connectivity index (χ0n) is 13.7. The molecule has 3 rings (SSSR count). The molecule has 124 valence electrons. The number of carbonyl (C=O) groups is 1. The van der Waals surface area contributed by atoms with Crippen LogP contribution in [0.2, 0.25) is 0 Å². The largest absolute Gasteiger partial charge is 0.325 e. The number of nitrogens with one attached hydrogen (secondary N) is 2. The molecule has 0 saturated carbocycles. The molecule has 0 aliphatic carbocycles. The summed E-state index contributed by atoms with van der Waals surface area (Å²) in [4.78, 5) is 17.8. The van der Waals surface area contributed by atoms with Crippen molar-refractivity contribution in [1.29, 1.82) is 0 Å².